The highest BCUT2D eigenvalue weighted by atomic mass is 14.9. The fourth-order valence-corrected chi connectivity index (χ4v) is 2.03. The zero-order valence-electron chi connectivity index (χ0n) is 9.58. The van der Waals surface area contributed by atoms with E-state index in [4.69, 9.17) is 0 Å². The predicted octanol–water partition coefficient (Wildman–Crippen LogP) is 3.01. The van der Waals surface area contributed by atoms with E-state index < -0.39 is 0 Å². The molecule has 1 fully saturated rings. The number of hydrogen-bond acceptors (Lipinski definition) is 1. The molecule has 1 atom stereocenters. The third-order valence-electron chi connectivity index (χ3n) is 3.28. The van der Waals surface area contributed by atoms with Crippen LogP contribution in [-0.4, -0.2) is 12.6 Å². The minimum atomic E-state index is 0.737. The summed E-state index contributed by atoms with van der Waals surface area (Å²) in [4.78, 5) is 0. The van der Waals surface area contributed by atoms with Crippen LogP contribution in [0.1, 0.15) is 31.7 Å². The second-order valence-corrected chi connectivity index (χ2v) is 4.67. The van der Waals surface area contributed by atoms with Crippen molar-refractivity contribution in [1.82, 2.24) is 5.32 Å². The van der Waals surface area contributed by atoms with Crippen molar-refractivity contribution in [3.8, 4) is 0 Å². The van der Waals surface area contributed by atoms with E-state index in [0.717, 1.165) is 18.5 Å². The topological polar surface area (TPSA) is 12.0 Å². The van der Waals surface area contributed by atoms with Gasteiger partial charge in [-0.25, -0.2) is 0 Å². The number of benzene rings is 1. The standard InChI is InChI=1S/C14H21N/c1-12(14-9-10-14)15-11-5-8-13-6-3-2-4-7-13/h2-4,6-7,12,14-15H,5,8-11H2,1H3/t12-/m0/s1. The summed E-state index contributed by atoms with van der Waals surface area (Å²) >= 11 is 0. The van der Waals surface area contributed by atoms with Gasteiger partial charge in [-0.15, -0.1) is 0 Å². The van der Waals surface area contributed by atoms with Gasteiger partial charge in [-0.3, -0.25) is 0 Å². The number of rotatable bonds is 6. The van der Waals surface area contributed by atoms with Crippen molar-refractivity contribution in [2.45, 2.75) is 38.6 Å². The molecule has 1 nitrogen and oxygen atoms in total. The molecule has 0 bridgehead atoms. The summed E-state index contributed by atoms with van der Waals surface area (Å²) < 4.78 is 0. The third kappa shape index (κ3) is 3.67. The van der Waals surface area contributed by atoms with E-state index in [9.17, 15) is 0 Å². The summed E-state index contributed by atoms with van der Waals surface area (Å²) in [7, 11) is 0. The fraction of sp³-hybridized carbons (Fsp3) is 0.571. The monoisotopic (exact) mass is 203 g/mol. The Labute approximate surface area is 92.9 Å². The summed E-state index contributed by atoms with van der Waals surface area (Å²) in [5.41, 5.74) is 1.46. The van der Waals surface area contributed by atoms with E-state index in [2.05, 4.69) is 42.6 Å². The van der Waals surface area contributed by atoms with E-state index in [1.54, 1.807) is 0 Å². The SMILES string of the molecule is C[C@H](NCCCc1ccccc1)C1CC1. The number of aryl methyl sites for hydroxylation is 1. The van der Waals surface area contributed by atoms with Crippen LogP contribution in [0, 0.1) is 5.92 Å². The van der Waals surface area contributed by atoms with Crippen LogP contribution < -0.4 is 5.32 Å². The first-order valence-corrected chi connectivity index (χ1v) is 6.13. The maximum absolute atomic E-state index is 3.61. The van der Waals surface area contributed by atoms with Crippen LogP contribution in [0.2, 0.25) is 0 Å². The highest BCUT2D eigenvalue weighted by Crippen LogP contribution is 2.32. The quantitative estimate of drug-likeness (QED) is 0.701. The first-order chi connectivity index (χ1) is 7.36. The first kappa shape index (κ1) is 10.7. The molecule has 82 valence electrons. The summed E-state index contributed by atoms with van der Waals surface area (Å²) in [5, 5.41) is 3.61. The van der Waals surface area contributed by atoms with Gasteiger partial charge in [0.1, 0.15) is 0 Å². The van der Waals surface area contributed by atoms with Crippen molar-refractivity contribution in [2.75, 3.05) is 6.54 Å². The molecule has 0 aliphatic heterocycles. The van der Waals surface area contributed by atoms with Gasteiger partial charge in [0, 0.05) is 6.04 Å². The molecule has 2 rings (SSSR count). The van der Waals surface area contributed by atoms with Crippen LogP contribution in [0.15, 0.2) is 30.3 Å². The van der Waals surface area contributed by atoms with Gasteiger partial charge >= 0.3 is 0 Å². The molecule has 1 aliphatic carbocycles. The molecular weight excluding hydrogens is 182 g/mol. The fourth-order valence-electron chi connectivity index (χ4n) is 2.03. The van der Waals surface area contributed by atoms with E-state index in [1.807, 2.05) is 0 Å². The highest BCUT2D eigenvalue weighted by molar-refractivity contribution is 5.14. The molecule has 1 aliphatic rings. The van der Waals surface area contributed by atoms with Gasteiger partial charge in [-0.2, -0.15) is 0 Å². The lowest BCUT2D eigenvalue weighted by Crippen LogP contribution is -2.28. The molecule has 0 heterocycles. The Morgan fingerprint density at radius 2 is 2.00 bits per heavy atom. The van der Waals surface area contributed by atoms with Gasteiger partial charge in [0.15, 0.2) is 0 Å². The lowest BCUT2D eigenvalue weighted by atomic mass is 10.1. The maximum Gasteiger partial charge on any atom is 0.00670 e. The molecule has 0 aromatic heterocycles. The van der Waals surface area contributed by atoms with Crippen LogP contribution in [0.5, 0.6) is 0 Å². The average molecular weight is 203 g/mol. The molecule has 0 spiro atoms. The van der Waals surface area contributed by atoms with Crippen LogP contribution in [0.25, 0.3) is 0 Å². The predicted molar refractivity (Wildman–Crippen MR) is 65.0 cm³/mol. The molecule has 15 heavy (non-hydrogen) atoms. The van der Waals surface area contributed by atoms with Crippen molar-refractivity contribution in [3.05, 3.63) is 35.9 Å². The van der Waals surface area contributed by atoms with Crippen LogP contribution in [-0.2, 0) is 6.42 Å². The lowest BCUT2D eigenvalue weighted by Gasteiger charge is -2.12. The van der Waals surface area contributed by atoms with E-state index >= 15 is 0 Å². The maximum atomic E-state index is 3.61. The Kier molecular flexibility index (Phi) is 3.79. The Bertz CT molecular complexity index is 277. The normalized spacial score (nSPS) is 17.7. The third-order valence-corrected chi connectivity index (χ3v) is 3.28. The smallest absolute Gasteiger partial charge is 0.00670 e. The Hall–Kier alpha value is -0.820. The zero-order valence-corrected chi connectivity index (χ0v) is 9.58. The van der Waals surface area contributed by atoms with Crippen LogP contribution in [0.4, 0.5) is 0 Å². The van der Waals surface area contributed by atoms with Gasteiger partial charge in [-0.1, -0.05) is 30.3 Å². The molecular formula is C14H21N. The van der Waals surface area contributed by atoms with Gasteiger partial charge < -0.3 is 5.32 Å². The van der Waals surface area contributed by atoms with Crippen molar-refractivity contribution >= 4 is 0 Å². The lowest BCUT2D eigenvalue weighted by molar-refractivity contribution is 0.490. The number of hydrogen-bond donors (Lipinski definition) is 1. The molecule has 1 aromatic carbocycles. The molecule has 0 radical (unpaired) electrons. The molecule has 1 heteroatoms. The first-order valence-electron chi connectivity index (χ1n) is 6.13. The number of nitrogens with one attached hydrogen (secondary N) is 1. The summed E-state index contributed by atoms with van der Waals surface area (Å²) in [6, 6.07) is 11.5. The van der Waals surface area contributed by atoms with Gasteiger partial charge in [0.05, 0.1) is 0 Å². The van der Waals surface area contributed by atoms with Crippen molar-refractivity contribution in [3.63, 3.8) is 0 Å². The van der Waals surface area contributed by atoms with Crippen molar-refractivity contribution in [1.29, 1.82) is 0 Å². The largest absolute Gasteiger partial charge is 0.314 e. The second-order valence-electron chi connectivity index (χ2n) is 4.67. The summed E-state index contributed by atoms with van der Waals surface area (Å²) in [6.07, 6.45) is 5.33. The molecule has 0 saturated heterocycles. The molecule has 1 aromatic rings. The zero-order chi connectivity index (χ0) is 10.5. The van der Waals surface area contributed by atoms with E-state index in [-0.39, 0.29) is 0 Å². The summed E-state index contributed by atoms with van der Waals surface area (Å²) in [6.45, 7) is 3.48. The highest BCUT2D eigenvalue weighted by Gasteiger charge is 2.26. The minimum Gasteiger partial charge on any atom is -0.314 e. The minimum absolute atomic E-state index is 0.737. The van der Waals surface area contributed by atoms with Crippen molar-refractivity contribution in [2.24, 2.45) is 5.92 Å². The summed E-state index contributed by atoms with van der Waals surface area (Å²) in [5.74, 6) is 0.974. The van der Waals surface area contributed by atoms with Crippen molar-refractivity contribution < 1.29 is 0 Å². The Balaban J connectivity index is 1.58. The molecule has 1 N–H and O–H groups in total. The van der Waals surface area contributed by atoms with E-state index in [0.29, 0.717) is 0 Å². The Morgan fingerprint density at radius 1 is 1.27 bits per heavy atom. The van der Waals surface area contributed by atoms with E-state index in [1.165, 1.54) is 31.2 Å². The van der Waals surface area contributed by atoms with Gasteiger partial charge in [0.2, 0.25) is 0 Å². The molecule has 0 unspecified atom stereocenters. The Morgan fingerprint density at radius 3 is 2.67 bits per heavy atom. The molecule has 1 saturated carbocycles. The van der Waals surface area contributed by atoms with Crippen LogP contribution >= 0.6 is 0 Å². The van der Waals surface area contributed by atoms with Crippen LogP contribution in [0.3, 0.4) is 0 Å². The van der Waals surface area contributed by atoms with Gasteiger partial charge in [-0.05, 0) is 50.6 Å². The second kappa shape index (κ2) is 5.32. The average Bonchev–Trinajstić information content (AvgIpc) is 3.09. The van der Waals surface area contributed by atoms with Gasteiger partial charge in [0.25, 0.3) is 0 Å². The molecule has 0 amide bonds.